The summed E-state index contributed by atoms with van der Waals surface area (Å²) in [6.45, 7) is 0. The molecule has 1 unspecified atom stereocenters. The Kier molecular flexibility index (Phi) is 2.11. The molecule has 0 bridgehead atoms. The fourth-order valence-electron chi connectivity index (χ4n) is 2.29. The molecule has 13 heavy (non-hydrogen) atoms. The third kappa shape index (κ3) is 1.60. The highest BCUT2D eigenvalue weighted by Gasteiger charge is 2.43. The van der Waals surface area contributed by atoms with Crippen LogP contribution in [0.4, 0.5) is 0 Å². The normalized spacial score (nSPS) is 34.2. The first-order valence-corrected chi connectivity index (χ1v) is 5.21. The molecule has 0 heterocycles. The lowest BCUT2D eigenvalue weighted by Gasteiger charge is -2.28. The molecule has 2 nitrogen and oxygen atoms in total. The van der Waals surface area contributed by atoms with Gasteiger partial charge in [-0.25, -0.2) is 0 Å². The van der Waals surface area contributed by atoms with E-state index < -0.39 is 5.41 Å². The van der Waals surface area contributed by atoms with Gasteiger partial charge in [-0.2, -0.15) is 5.26 Å². The Morgan fingerprint density at radius 2 is 2.23 bits per heavy atom. The Morgan fingerprint density at radius 3 is 2.77 bits per heavy atom. The molecular weight excluding hydrogens is 162 g/mol. The van der Waals surface area contributed by atoms with Crippen LogP contribution in [0.3, 0.4) is 0 Å². The van der Waals surface area contributed by atoms with Crippen LogP contribution in [0.2, 0.25) is 0 Å². The van der Waals surface area contributed by atoms with Crippen molar-refractivity contribution in [2.24, 2.45) is 11.3 Å². The molecule has 2 aliphatic rings. The van der Waals surface area contributed by atoms with E-state index in [2.05, 4.69) is 6.07 Å². The molecule has 2 heteroatoms. The minimum absolute atomic E-state index is 0.216. The van der Waals surface area contributed by atoms with Crippen LogP contribution in [0, 0.1) is 22.7 Å². The number of carbonyl (C=O) groups excluding carboxylic acids is 1. The van der Waals surface area contributed by atoms with Crippen LogP contribution >= 0.6 is 0 Å². The average Bonchev–Trinajstić information content (AvgIpc) is 2.93. The molecule has 2 fully saturated rings. The van der Waals surface area contributed by atoms with Gasteiger partial charge in [0.2, 0.25) is 0 Å². The number of carbonyl (C=O) groups is 1. The lowest BCUT2D eigenvalue weighted by Crippen LogP contribution is -2.33. The van der Waals surface area contributed by atoms with Gasteiger partial charge in [-0.1, -0.05) is 19.3 Å². The summed E-state index contributed by atoms with van der Waals surface area (Å²) in [7, 11) is 0. The molecule has 0 spiro atoms. The standard InChI is InChI=1S/C11H15NO/c12-8-11(7-9-4-5-9)6-2-1-3-10(11)13/h9H,1-7H2. The van der Waals surface area contributed by atoms with E-state index in [4.69, 9.17) is 5.26 Å². The number of Topliss-reactive ketones (excluding diaryl/α,β-unsaturated/α-hetero) is 1. The minimum Gasteiger partial charge on any atom is -0.298 e. The number of ketones is 1. The molecule has 2 aliphatic carbocycles. The van der Waals surface area contributed by atoms with Crippen molar-refractivity contribution in [1.82, 2.24) is 0 Å². The highest BCUT2D eigenvalue weighted by molar-refractivity contribution is 5.88. The van der Waals surface area contributed by atoms with Gasteiger partial charge in [0.05, 0.1) is 6.07 Å². The van der Waals surface area contributed by atoms with Gasteiger partial charge in [-0.3, -0.25) is 4.79 Å². The van der Waals surface area contributed by atoms with Crippen molar-refractivity contribution in [1.29, 1.82) is 5.26 Å². The van der Waals surface area contributed by atoms with Gasteiger partial charge in [-0.05, 0) is 25.2 Å². The number of nitrogens with zero attached hydrogens (tertiary/aromatic N) is 1. The number of hydrogen-bond acceptors (Lipinski definition) is 2. The van der Waals surface area contributed by atoms with Crippen LogP contribution in [0.1, 0.15) is 44.9 Å². The molecule has 0 aliphatic heterocycles. The molecule has 0 aromatic carbocycles. The van der Waals surface area contributed by atoms with Gasteiger partial charge in [0.1, 0.15) is 5.41 Å². The Bertz CT molecular complexity index is 262. The maximum absolute atomic E-state index is 11.7. The molecular formula is C11H15NO. The lowest BCUT2D eigenvalue weighted by molar-refractivity contribution is -0.128. The summed E-state index contributed by atoms with van der Waals surface area (Å²) < 4.78 is 0. The van der Waals surface area contributed by atoms with Gasteiger partial charge in [0.25, 0.3) is 0 Å². The van der Waals surface area contributed by atoms with Crippen LogP contribution in [-0.4, -0.2) is 5.78 Å². The topological polar surface area (TPSA) is 40.9 Å². The average molecular weight is 177 g/mol. The predicted molar refractivity (Wildman–Crippen MR) is 48.9 cm³/mol. The fraction of sp³-hybridized carbons (Fsp3) is 0.818. The van der Waals surface area contributed by atoms with E-state index in [1.165, 1.54) is 12.8 Å². The first-order valence-electron chi connectivity index (χ1n) is 5.21. The highest BCUT2D eigenvalue weighted by Crippen LogP contribution is 2.45. The van der Waals surface area contributed by atoms with Crippen molar-refractivity contribution in [2.75, 3.05) is 0 Å². The van der Waals surface area contributed by atoms with Crippen LogP contribution in [0.25, 0.3) is 0 Å². The monoisotopic (exact) mass is 177 g/mol. The quantitative estimate of drug-likeness (QED) is 0.650. The summed E-state index contributed by atoms with van der Waals surface area (Å²) in [5.41, 5.74) is -0.570. The Morgan fingerprint density at radius 1 is 1.46 bits per heavy atom. The summed E-state index contributed by atoms with van der Waals surface area (Å²) in [5, 5.41) is 9.12. The molecule has 0 N–H and O–H groups in total. The fourth-order valence-corrected chi connectivity index (χ4v) is 2.29. The molecule has 0 amide bonds. The van der Waals surface area contributed by atoms with E-state index >= 15 is 0 Å². The molecule has 0 aromatic heterocycles. The van der Waals surface area contributed by atoms with Gasteiger partial charge < -0.3 is 0 Å². The summed E-state index contributed by atoms with van der Waals surface area (Å²) in [4.78, 5) is 11.7. The van der Waals surface area contributed by atoms with E-state index in [-0.39, 0.29) is 5.78 Å². The third-order valence-corrected chi connectivity index (χ3v) is 3.34. The summed E-state index contributed by atoms with van der Waals surface area (Å²) in [5.74, 6) is 0.898. The van der Waals surface area contributed by atoms with Gasteiger partial charge >= 0.3 is 0 Å². The van der Waals surface area contributed by atoms with Crippen LogP contribution in [0.15, 0.2) is 0 Å². The largest absolute Gasteiger partial charge is 0.298 e. The van der Waals surface area contributed by atoms with Gasteiger partial charge in [0, 0.05) is 6.42 Å². The van der Waals surface area contributed by atoms with Crippen molar-refractivity contribution < 1.29 is 4.79 Å². The van der Waals surface area contributed by atoms with Crippen molar-refractivity contribution >= 4 is 5.78 Å². The molecule has 70 valence electrons. The van der Waals surface area contributed by atoms with E-state index in [0.29, 0.717) is 12.3 Å². The summed E-state index contributed by atoms with van der Waals surface area (Å²) in [6.07, 6.45) is 6.83. The van der Waals surface area contributed by atoms with E-state index in [9.17, 15) is 4.79 Å². The predicted octanol–water partition coefficient (Wildman–Crippen LogP) is 2.44. The Labute approximate surface area is 78.9 Å². The maximum atomic E-state index is 11.7. The third-order valence-electron chi connectivity index (χ3n) is 3.34. The molecule has 2 saturated carbocycles. The van der Waals surface area contributed by atoms with Crippen LogP contribution in [-0.2, 0) is 4.79 Å². The first-order chi connectivity index (χ1) is 6.27. The van der Waals surface area contributed by atoms with E-state index in [1.54, 1.807) is 0 Å². The molecule has 2 rings (SSSR count). The zero-order valence-electron chi connectivity index (χ0n) is 7.88. The van der Waals surface area contributed by atoms with Crippen LogP contribution in [0.5, 0.6) is 0 Å². The van der Waals surface area contributed by atoms with Gasteiger partial charge in [-0.15, -0.1) is 0 Å². The molecule has 0 radical (unpaired) electrons. The summed E-state index contributed by atoms with van der Waals surface area (Å²) >= 11 is 0. The second-order valence-corrected chi connectivity index (χ2v) is 4.47. The van der Waals surface area contributed by atoms with Crippen LogP contribution < -0.4 is 0 Å². The van der Waals surface area contributed by atoms with Crippen molar-refractivity contribution in [3.63, 3.8) is 0 Å². The SMILES string of the molecule is N#CC1(CC2CC2)CCCCC1=O. The maximum Gasteiger partial charge on any atom is 0.153 e. The minimum atomic E-state index is -0.570. The number of rotatable bonds is 2. The highest BCUT2D eigenvalue weighted by atomic mass is 16.1. The number of hydrogen-bond donors (Lipinski definition) is 0. The second kappa shape index (κ2) is 3.14. The zero-order valence-corrected chi connectivity index (χ0v) is 7.88. The Balaban J connectivity index is 2.10. The molecule has 0 aromatic rings. The molecule has 1 atom stereocenters. The van der Waals surface area contributed by atoms with Crippen molar-refractivity contribution in [2.45, 2.75) is 44.9 Å². The Hall–Kier alpha value is -0.840. The van der Waals surface area contributed by atoms with Crippen molar-refractivity contribution in [3.05, 3.63) is 0 Å². The van der Waals surface area contributed by atoms with E-state index in [1.807, 2.05) is 0 Å². The van der Waals surface area contributed by atoms with Crippen molar-refractivity contribution in [3.8, 4) is 6.07 Å². The van der Waals surface area contributed by atoms with E-state index in [0.717, 1.165) is 25.7 Å². The second-order valence-electron chi connectivity index (χ2n) is 4.47. The molecule has 0 saturated heterocycles. The zero-order chi connectivity index (χ0) is 9.31. The lowest BCUT2D eigenvalue weighted by atomic mass is 9.71. The van der Waals surface area contributed by atoms with Gasteiger partial charge in [0.15, 0.2) is 5.78 Å². The first kappa shape index (κ1) is 8.74. The summed E-state index contributed by atoms with van der Waals surface area (Å²) in [6, 6.07) is 2.29. The number of nitriles is 1. The smallest absolute Gasteiger partial charge is 0.153 e.